The third kappa shape index (κ3) is 2.91. The molecule has 106 valence electrons. The topological polar surface area (TPSA) is 39.1 Å². The lowest BCUT2D eigenvalue weighted by Crippen LogP contribution is -2.32. The summed E-state index contributed by atoms with van der Waals surface area (Å²) in [7, 11) is 0. The molecule has 21 heavy (non-hydrogen) atoms. The Morgan fingerprint density at radius 1 is 1.10 bits per heavy atom. The standard InChI is InChI=1S/C18H19N3/c19-11-10-18(15-6-2-1-3-7-15)21-13-12-20-14-16-8-4-5-9-17(16)21/h1-9,18,20H,10,12-14H2. The van der Waals surface area contributed by atoms with E-state index in [1.54, 1.807) is 0 Å². The molecule has 0 amide bonds. The van der Waals surface area contributed by atoms with E-state index >= 15 is 0 Å². The van der Waals surface area contributed by atoms with Crippen molar-refractivity contribution in [1.29, 1.82) is 5.26 Å². The first-order valence-corrected chi connectivity index (χ1v) is 7.37. The van der Waals surface area contributed by atoms with Gasteiger partial charge in [0.05, 0.1) is 18.5 Å². The van der Waals surface area contributed by atoms with Crippen molar-refractivity contribution in [2.45, 2.75) is 19.0 Å². The van der Waals surface area contributed by atoms with Gasteiger partial charge in [-0.3, -0.25) is 0 Å². The first kappa shape index (κ1) is 13.7. The first-order valence-electron chi connectivity index (χ1n) is 7.37. The SMILES string of the molecule is N#CCC(c1ccccc1)N1CCNCc2ccccc21. The average molecular weight is 277 g/mol. The van der Waals surface area contributed by atoms with Crippen molar-refractivity contribution in [1.82, 2.24) is 5.32 Å². The van der Waals surface area contributed by atoms with E-state index < -0.39 is 0 Å². The van der Waals surface area contributed by atoms with Crippen LogP contribution in [0.25, 0.3) is 0 Å². The van der Waals surface area contributed by atoms with Gasteiger partial charge in [-0.05, 0) is 17.2 Å². The molecule has 0 saturated heterocycles. The number of nitriles is 1. The Labute approximate surface area is 125 Å². The summed E-state index contributed by atoms with van der Waals surface area (Å²) in [6, 6.07) is 21.3. The van der Waals surface area contributed by atoms with Crippen molar-refractivity contribution in [3.63, 3.8) is 0 Å². The summed E-state index contributed by atoms with van der Waals surface area (Å²) in [6.45, 7) is 2.74. The Morgan fingerprint density at radius 3 is 2.67 bits per heavy atom. The summed E-state index contributed by atoms with van der Waals surface area (Å²) >= 11 is 0. The molecule has 0 spiro atoms. The molecule has 0 fully saturated rings. The van der Waals surface area contributed by atoms with Crippen LogP contribution in [0.4, 0.5) is 5.69 Å². The second-order valence-corrected chi connectivity index (χ2v) is 5.29. The fraction of sp³-hybridized carbons (Fsp3) is 0.278. The van der Waals surface area contributed by atoms with Gasteiger partial charge in [0.2, 0.25) is 0 Å². The molecule has 2 aromatic carbocycles. The minimum atomic E-state index is 0.109. The lowest BCUT2D eigenvalue weighted by atomic mass is 10.0. The molecule has 2 aromatic rings. The third-order valence-corrected chi connectivity index (χ3v) is 3.99. The summed E-state index contributed by atoms with van der Waals surface area (Å²) in [6.07, 6.45) is 0.498. The van der Waals surface area contributed by atoms with Crippen LogP contribution in [-0.2, 0) is 6.54 Å². The molecule has 3 nitrogen and oxygen atoms in total. The first-order chi connectivity index (χ1) is 10.4. The Morgan fingerprint density at radius 2 is 1.86 bits per heavy atom. The van der Waals surface area contributed by atoms with Gasteiger partial charge in [-0.1, -0.05) is 48.5 Å². The highest BCUT2D eigenvalue weighted by Crippen LogP contribution is 2.32. The molecule has 1 aliphatic rings. The molecule has 0 aliphatic carbocycles. The number of nitrogens with zero attached hydrogens (tertiary/aromatic N) is 2. The fourth-order valence-electron chi connectivity index (χ4n) is 2.98. The normalized spacial score (nSPS) is 15.7. The highest BCUT2D eigenvalue weighted by Gasteiger charge is 2.23. The van der Waals surface area contributed by atoms with E-state index in [1.807, 2.05) is 18.2 Å². The number of hydrogen-bond acceptors (Lipinski definition) is 3. The van der Waals surface area contributed by atoms with E-state index in [-0.39, 0.29) is 6.04 Å². The van der Waals surface area contributed by atoms with Crippen LogP contribution in [0.2, 0.25) is 0 Å². The van der Waals surface area contributed by atoms with Gasteiger partial charge in [0.15, 0.2) is 0 Å². The largest absolute Gasteiger partial charge is 0.362 e. The molecule has 3 heteroatoms. The molecular formula is C18H19N3. The number of rotatable bonds is 3. The van der Waals surface area contributed by atoms with E-state index in [9.17, 15) is 5.26 Å². The Balaban J connectivity index is 2.01. The summed E-state index contributed by atoms with van der Waals surface area (Å²) in [4.78, 5) is 2.37. The van der Waals surface area contributed by atoms with Crippen LogP contribution in [-0.4, -0.2) is 13.1 Å². The van der Waals surface area contributed by atoms with E-state index in [1.165, 1.54) is 16.8 Å². The molecule has 1 atom stereocenters. The Hall–Kier alpha value is -2.31. The van der Waals surface area contributed by atoms with E-state index in [2.05, 4.69) is 52.7 Å². The molecule has 1 aliphatic heterocycles. The second-order valence-electron chi connectivity index (χ2n) is 5.29. The quantitative estimate of drug-likeness (QED) is 0.936. The van der Waals surface area contributed by atoms with Crippen LogP contribution in [0.5, 0.6) is 0 Å². The van der Waals surface area contributed by atoms with Gasteiger partial charge in [-0.2, -0.15) is 5.26 Å². The third-order valence-electron chi connectivity index (χ3n) is 3.99. The molecule has 3 rings (SSSR count). The fourth-order valence-corrected chi connectivity index (χ4v) is 2.98. The molecule has 0 saturated carbocycles. The van der Waals surface area contributed by atoms with Gasteiger partial charge >= 0.3 is 0 Å². The van der Waals surface area contributed by atoms with Crippen LogP contribution >= 0.6 is 0 Å². The summed E-state index contributed by atoms with van der Waals surface area (Å²) in [5, 5.41) is 12.7. The monoisotopic (exact) mass is 277 g/mol. The van der Waals surface area contributed by atoms with Crippen molar-refractivity contribution < 1.29 is 0 Å². The summed E-state index contributed by atoms with van der Waals surface area (Å²) in [5.41, 5.74) is 3.75. The number of anilines is 1. The number of para-hydroxylation sites is 1. The molecule has 1 N–H and O–H groups in total. The average Bonchev–Trinajstić information content (AvgIpc) is 2.76. The molecule has 0 bridgehead atoms. The highest BCUT2D eigenvalue weighted by atomic mass is 15.2. The predicted molar refractivity (Wildman–Crippen MR) is 84.9 cm³/mol. The van der Waals surface area contributed by atoms with Crippen LogP contribution in [0.3, 0.4) is 0 Å². The number of nitrogens with one attached hydrogen (secondary N) is 1. The maximum absolute atomic E-state index is 9.25. The van der Waals surface area contributed by atoms with Gasteiger partial charge in [0.25, 0.3) is 0 Å². The lowest BCUT2D eigenvalue weighted by Gasteiger charge is -2.32. The van der Waals surface area contributed by atoms with E-state index in [0.717, 1.165) is 19.6 Å². The Kier molecular flexibility index (Phi) is 4.18. The van der Waals surface area contributed by atoms with Crippen LogP contribution in [0.15, 0.2) is 54.6 Å². The summed E-state index contributed by atoms with van der Waals surface area (Å²) in [5.74, 6) is 0. The van der Waals surface area contributed by atoms with Crippen molar-refractivity contribution in [2.24, 2.45) is 0 Å². The smallest absolute Gasteiger partial charge is 0.0673 e. The van der Waals surface area contributed by atoms with E-state index in [0.29, 0.717) is 6.42 Å². The lowest BCUT2D eigenvalue weighted by molar-refractivity contribution is 0.613. The van der Waals surface area contributed by atoms with Crippen molar-refractivity contribution in [3.8, 4) is 6.07 Å². The second kappa shape index (κ2) is 6.43. The van der Waals surface area contributed by atoms with Crippen molar-refractivity contribution in [3.05, 3.63) is 65.7 Å². The van der Waals surface area contributed by atoms with Gasteiger partial charge in [0, 0.05) is 25.3 Å². The molecule has 1 heterocycles. The van der Waals surface area contributed by atoms with E-state index in [4.69, 9.17) is 0 Å². The van der Waals surface area contributed by atoms with Gasteiger partial charge in [-0.25, -0.2) is 0 Å². The summed E-state index contributed by atoms with van der Waals surface area (Å²) < 4.78 is 0. The van der Waals surface area contributed by atoms with Crippen LogP contribution in [0.1, 0.15) is 23.6 Å². The minimum absolute atomic E-state index is 0.109. The highest BCUT2D eigenvalue weighted by molar-refractivity contribution is 5.56. The molecule has 0 aromatic heterocycles. The zero-order chi connectivity index (χ0) is 14.5. The maximum Gasteiger partial charge on any atom is 0.0673 e. The predicted octanol–water partition coefficient (Wildman–Crippen LogP) is 3.25. The van der Waals surface area contributed by atoms with Crippen LogP contribution < -0.4 is 10.2 Å². The molecule has 0 radical (unpaired) electrons. The van der Waals surface area contributed by atoms with Crippen LogP contribution in [0, 0.1) is 11.3 Å². The zero-order valence-corrected chi connectivity index (χ0v) is 12.0. The maximum atomic E-state index is 9.25. The molecule has 1 unspecified atom stereocenters. The van der Waals surface area contributed by atoms with Gasteiger partial charge in [0.1, 0.15) is 0 Å². The van der Waals surface area contributed by atoms with Gasteiger partial charge < -0.3 is 10.2 Å². The number of hydrogen-bond donors (Lipinski definition) is 1. The Bertz CT molecular complexity index is 630. The zero-order valence-electron chi connectivity index (χ0n) is 12.0. The van der Waals surface area contributed by atoms with Crippen molar-refractivity contribution >= 4 is 5.69 Å². The minimum Gasteiger partial charge on any atom is -0.362 e. The number of benzene rings is 2. The van der Waals surface area contributed by atoms with Gasteiger partial charge in [-0.15, -0.1) is 0 Å². The molecular weight excluding hydrogens is 258 g/mol. The number of fused-ring (bicyclic) bond motifs is 1. The van der Waals surface area contributed by atoms with Crippen molar-refractivity contribution in [2.75, 3.05) is 18.0 Å².